The SMILES string of the molecule is CCN(CC)CCNCc1cc(Cl)ccc1OCc1ccccc1Cl. The third-order valence-electron chi connectivity index (χ3n) is 4.18. The van der Waals surface area contributed by atoms with Crippen LogP contribution in [-0.4, -0.2) is 31.1 Å². The molecule has 0 amide bonds. The van der Waals surface area contributed by atoms with Gasteiger partial charge in [-0.3, -0.25) is 0 Å². The lowest BCUT2D eigenvalue weighted by Crippen LogP contribution is -2.31. The van der Waals surface area contributed by atoms with Gasteiger partial charge in [0.25, 0.3) is 0 Å². The zero-order valence-corrected chi connectivity index (χ0v) is 16.4. The number of nitrogens with zero attached hydrogens (tertiary/aromatic N) is 1. The van der Waals surface area contributed by atoms with E-state index in [1.807, 2.05) is 42.5 Å². The molecule has 0 saturated heterocycles. The lowest BCUT2D eigenvalue weighted by atomic mass is 10.2. The summed E-state index contributed by atoms with van der Waals surface area (Å²) in [7, 11) is 0. The minimum absolute atomic E-state index is 0.438. The van der Waals surface area contributed by atoms with Crippen molar-refractivity contribution in [1.82, 2.24) is 10.2 Å². The van der Waals surface area contributed by atoms with Crippen LogP contribution < -0.4 is 10.1 Å². The maximum absolute atomic E-state index is 6.20. The summed E-state index contributed by atoms with van der Waals surface area (Å²) in [5.41, 5.74) is 2.03. The first-order valence-electron chi connectivity index (χ1n) is 8.71. The maximum Gasteiger partial charge on any atom is 0.124 e. The van der Waals surface area contributed by atoms with Gasteiger partial charge in [-0.15, -0.1) is 0 Å². The summed E-state index contributed by atoms with van der Waals surface area (Å²) in [5.74, 6) is 0.833. The molecule has 0 aromatic heterocycles. The quantitative estimate of drug-likeness (QED) is 0.586. The Bertz CT molecular complexity index is 660. The van der Waals surface area contributed by atoms with E-state index in [0.29, 0.717) is 11.6 Å². The van der Waals surface area contributed by atoms with Crippen molar-refractivity contribution in [2.45, 2.75) is 27.0 Å². The monoisotopic (exact) mass is 380 g/mol. The molecular formula is C20H26Cl2N2O. The molecule has 0 radical (unpaired) electrons. The van der Waals surface area contributed by atoms with Crippen LogP contribution in [0.4, 0.5) is 0 Å². The summed E-state index contributed by atoms with van der Waals surface area (Å²) < 4.78 is 5.99. The Balaban J connectivity index is 1.94. The van der Waals surface area contributed by atoms with Crippen LogP contribution in [-0.2, 0) is 13.2 Å². The highest BCUT2D eigenvalue weighted by Crippen LogP contribution is 2.25. The second-order valence-electron chi connectivity index (χ2n) is 5.84. The van der Waals surface area contributed by atoms with Crippen molar-refractivity contribution in [2.24, 2.45) is 0 Å². The Morgan fingerprint density at radius 2 is 1.76 bits per heavy atom. The highest BCUT2D eigenvalue weighted by molar-refractivity contribution is 6.31. The van der Waals surface area contributed by atoms with Gasteiger partial charge in [-0.2, -0.15) is 0 Å². The van der Waals surface area contributed by atoms with E-state index in [-0.39, 0.29) is 0 Å². The first-order chi connectivity index (χ1) is 12.1. The van der Waals surface area contributed by atoms with Crippen molar-refractivity contribution in [2.75, 3.05) is 26.2 Å². The molecule has 0 aliphatic carbocycles. The predicted octanol–water partition coefficient (Wildman–Crippen LogP) is 5.00. The number of hydrogen-bond donors (Lipinski definition) is 1. The molecule has 0 heterocycles. The summed E-state index contributed by atoms with van der Waals surface area (Å²) in [5, 5.41) is 4.90. The number of rotatable bonds is 10. The van der Waals surface area contributed by atoms with E-state index in [1.54, 1.807) is 0 Å². The molecule has 0 atom stereocenters. The minimum atomic E-state index is 0.438. The predicted molar refractivity (Wildman–Crippen MR) is 107 cm³/mol. The molecular weight excluding hydrogens is 355 g/mol. The molecule has 0 saturated carbocycles. The molecule has 1 N–H and O–H groups in total. The van der Waals surface area contributed by atoms with Crippen LogP contribution >= 0.6 is 23.2 Å². The molecule has 3 nitrogen and oxygen atoms in total. The van der Waals surface area contributed by atoms with Crippen LogP contribution in [0.15, 0.2) is 42.5 Å². The van der Waals surface area contributed by atoms with Gasteiger partial charge in [0.2, 0.25) is 0 Å². The van der Waals surface area contributed by atoms with Gasteiger partial charge in [-0.05, 0) is 37.4 Å². The fourth-order valence-electron chi connectivity index (χ4n) is 2.60. The smallest absolute Gasteiger partial charge is 0.124 e. The van der Waals surface area contributed by atoms with Crippen molar-refractivity contribution in [3.8, 4) is 5.75 Å². The molecule has 0 spiro atoms. The number of benzene rings is 2. The molecule has 2 rings (SSSR count). The molecule has 0 aliphatic heterocycles. The first-order valence-corrected chi connectivity index (χ1v) is 9.47. The Hall–Kier alpha value is -1.26. The van der Waals surface area contributed by atoms with Gasteiger partial charge in [-0.25, -0.2) is 0 Å². The fraction of sp³-hybridized carbons (Fsp3) is 0.400. The average molecular weight is 381 g/mol. The van der Waals surface area contributed by atoms with E-state index >= 15 is 0 Å². The van der Waals surface area contributed by atoms with Crippen LogP contribution in [0.1, 0.15) is 25.0 Å². The summed E-state index contributed by atoms with van der Waals surface area (Å²) in [4.78, 5) is 2.39. The van der Waals surface area contributed by atoms with Crippen LogP contribution in [0.3, 0.4) is 0 Å². The standard InChI is InChI=1S/C20H26Cl2N2O/c1-3-24(4-2)12-11-23-14-17-13-18(21)9-10-20(17)25-15-16-7-5-6-8-19(16)22/h5-10,13,23H,3-4,11-12,14-15H2,1-2H3. The summed E-state index contributed by atoms with van der Waals surface area (Å²) in [6.45, 7) is 9.63. The van der Waals surface area contributed by atoms with Crippen LogP contribution in [0.5, 0.6) is 5.75 Å². The van der Waals surface area contributed by atoms with Gasteiger partial charge in [0, 0.05) is 40.8 Å². The zero-order valence-electron chi connectivity index (χ0n) is 14.9. The number of ether oxygens (including phenoxy) is 1. The highest BCUT2D eigenvalue weighted by atomic mass is 35.5. The molecule has 25 heavy (non-hydrogen) atoms. The van der Waals surface area contributed by atoms with Gasteiger partial charge in [0.1, 0.15) is 12.4 Å². The Morgan fingerprint density at radius 1 is 1.00 bits per heavy atom. The van der Waals surface area contributed by atoms with E-state index in [0.717, 1.165) is 54.6 Å². The fourth-order valence-corrected chi connectivity index (χ4v) is 2.98. The van der Waals surface area contributed by atoms with Crippen molar-refractivity contribution in [3.05, 3.63) is 63.6 Å². The lowest BCUT2D eigenvalue weighted by molar-refractivity contribution is 0.296. The minimum Gasteiger partial charge on any atom is -0.489 e. The highest BCUT2D eigenvalue weighted by Gasteiger charge is 2.07. The molecule has 2 aromatic carbocycles. The second kappa shape index (κ2) is 10.7. The van der Waals surface area contributed by atoms with E-state index in [4.69, 9.17) is 27.9 Å². The molecule has 5 heteroatoms. The topological polar surface area (TPSA) is 24.5 Å². The van der Waals surface area contributed by atoms with Crippen molar-refractivity contribution < 1.29 is 4.74 Å². The summed E-state index contributed by atoms with van der Waals surface area (Å²) in [6, 6.07) is 13.4. The van der Waals surface area contributed by atoms with E-state index in [9.17, 15) is 0 Å². The molecule has 0 bridgehead atoms. The lowest BCUT2D eigenvalue weighted by Gasteiger charge is -2.18. The molecule has 2 aromatic rings. The summed E-state index contributed by atoms with van der Waals surface area (Å²) in [6.07, 6.45) is 0. The Labute approximate surface area is 160 Å². The largest absolute Gasteiger partial charge is 0.489 e. The van der Waals surface area contributed by atoms with Crippen LogP contribution in [0.2, 0.25) is 10.0 Å². The maximum atomic E-state index is 6.20. The van der Waals surface area contributed by atoms with E-state index in [2.05, 4.69) is 24.1 Å². The van der Waals surface area contributed by atoms with E-state index < -0.39 is 0 Å². The third kappa shape index (κ3) is 6.52. The number of nitrogens with one attached hydrogen (secondary N) is 1. The Morgan fingerprint density at radius 3 is 2.48 bits per heavy atom. The van der Waals surface area contributed by atoms with Crippen LogP contribution in [0.25, 0.3) is 0 Å². The number of hydrogen-bond acceptors (Lipinski definition) is 3. The van der Waals surface area contributed by atoms with Crippen molar-refractivity contribution in [1.29, 1.82) is 0 Å². The summed E-state index contributed by atoms with van der Waals surface area (Å²) >= 11 is 12.4. The van der Waals surface area contributed by atoms with Gasteiger partial charge < -0.3 is 15.0 Å². The number of halogens is 2. The van der Waals surface area contributed by atoms with Crippen LogP contribution in [0, 0.1) is 0 Å². The van der Waals surface area contributed by atoms with Crippen molar-refractivity contribution >= 4 is 23.2 Å². The van der Waals surface area contributed by atoms with Gasteiger partial charge in [0.05, 0.1) is 0 Å². The second-order valence-corrected chi connectivity index (χ2v) is 6.68. The van der Waals surface area contributed by atoms with Gasteiger partial charge >= 0.3 is 0 Å². The average Bonchev–Trinajstić information content (AvgIpc) is 2.62. The zero-order chi connectivity index (χ0) is 18.1. The van der Waals surface area contributed by atoms with E-state index in [1.165, 1.54) is 0 Å². The molecule has 0 fully saturated rings. The number of likely N-dealkylation sites (N-methyl/N-ethyl adjacent to an activating group) is 1. The normalized spacial score (nSPS) is 11.1. The Kier molecular flexibility index (Phi) is 8.56. The molecule has 136 valence electrons. The molecule has 0 unspecified atom stereocenters. The first kappa shape index (κ1) is 20.1. The van der Waals surface area contributed by atoms with Gasteiger partial charge in [-0.1, -0.05) is 55.2 Å². The van der Waals surface area contributed by atoms with Crippen molar-refractivity contribution in [3.63, 3.8) is 0 Å². The third-order valence-corrected chi connectivity index (χ3v) is 4.78. The van der Waals surface area contributed by atoms with Gasteiger partial charge in [0.15, 0.2) is 0 Å². The molecule has 0 aliphatic rings.